The Morgan fingerprint density at radius 2 is 1.88 bits per heavy atom. The molecule has 0 aliphatic heterocycles. The van der Waals surface area contributed by atoms with Crippen molar-refractivity contribution in [3.8, 4) is 0 Å². The SMILES string of the molecule is C[C@@H](N=CC(=O)OC(C)(C)C)c1ccccc1. The van der Waals surface area contributed by atoms with Crippen molar-refractivity contribution in [2.75, 3.05) is 0 Å². The molecule has 0 bridgehead atoms. The number of rotatable bonds is 3. The van der Waals surface area contributed by atoms with Gasteiger partial charge in [0, 0.05) is 0 Å². The zero-order valence-electron chi connectivity index (χ0n) is 10.8. The minimum Gasteiger partial charge on any atom is -0.456 e. The van der Waals surface area contributed by atoms with Gasteiger partial charge in [0.25, 0.3) is 0 Å². The molecule has 1 rings (SSSR count). The summed E-state index contributed by atoms with van der Waals surface area (Å²) >= 11 is 0. The average Bonchev–Trinajstić information content (AvgIpc) is 2.25. The van der Waals surface area contributed by atoms with Gasteiger partial charge >= 0.3 is 5.97 Å². The number of carbonyl (C=O) groups is 1. The highest BCUT2D eigenvalue weighted by molar-refractivity contribution is 6.23. The van der Waals surface area contributed by atoms with E-state index in [9.17, 15) is 4.79 Å². The van der Waals surface area contributed by atoms with Crippen LogP contribution in [0.4, 0.5) is 0 Å². The number of ether oxygens (including phenoxy) is 1. The van der Waals surface area contributed by atoms with Crippen molar-refractivity contribution in [2.24, 2.45) is 4.99 Å². The van der Waals surface area contributed by atoms with Gasteiger partial charge in [-0.3, -0.25) is 4.99 Å². The predicted octanol–water partition coefficient (Wildman–Crippen LogP) is 3.16. The molecule has 1 aromatic carbocycles. The Balaban J connectivity index is 2.57. The summed E-state index contributed by atoms with van der Waals surface area (Å²) in [4.78, 5) is 15.6. The van der Waals surface area contributed by atoms with Gasteiger partial charge in [0.2, 0.25) is 0 Å². The van der Waals surface area contributed by atoms with E-state index in [0.29, 0.717) is 0 Å². The van der Waals surface area contributed by atoms with E-state index in [1.165, 1.54) is 6.21 Å². The van der Waals surface area contributed by atoms with E-state index < -0.39 is 11.6 Å². The Kier molecular flexibility index (Phi) is 4.44. The molecule has 0 amide bonds. The summed E-state index contributed by atoms with van der Waals surface area (Å²) in [5, 5.41) is 0. The molecule has 0 N–H and O–H groups in total. The third-order valence-corrected chi connectivity index (χ3v) is 2.09. The lowest BCUT2D eigenvalue weighted by Gasteiger charge is -2.17. The van der Waals surface area contributed by atoms with Gasteiger partial charge in [-0.1, -0.05) is 30.3 Å². The summed E-state index contributed by atoms with van der Waals surface area (Å²) in [7, 11) is 0. The second-order valence-electron chi connectivity index (χ2n) is 4.90. The van der Waals surface area contributed by atoms with Crippen LogP contribution in [-0.2, 0) is 9.53 Å². The normalized spacial score (nSPS) is 13.6. The number of nitrogens with zero attached hydrogens (tertiary/aromatic N) is 1. The standard InChI is InChI=1S/C14H19NO2/c1-11(12-8-6-5-7-9-12)15-10-13(16)17-14(2,3)4/h5-11H,1-4H3/t11-/m1/s1. The number of aliphatic imine (C=N–C) groups is 1. The topological polar surface area (TPSA) is 38.7 Å². The third kappa shape index (κ3) is 5.29. The van der Waals surface area contributed by atoms with Crippen LogP contribution in [0.25, 0.3) is 0 Å². The molecule has 0 unspecified atom stereocenters. The van der Waals surface area contributed by atoms with E-state index >= 15 is 0 Å². The molecule has 0 aromatic heterocycles. The van der Waals surface area contributed by atoms with Gasteiger partial charge in [0.15, 0.2) is 0 Å². The smallest absolute Gasteiger partial charge is 0.349 e. The van der Waals surface area contributed by atoms with E-state index in [-0.39, 0.29) is 6.04 Å². The van der Waals surface area contributed by atoms with Crippen molar-refractivity contribution in [1.29, 1.82) is 0 Å². The lowest BCUT2D eigenvalue weighted by molar-refractivity contribution is -0.145. The molecular formula is C14H19NO2. The molecule has 3 nitrogen and oxygen atoms in total. The van der Waals surface area contributed by atoms with Crippen LogP contribution < -0.4 is 0 Å². The molecule has 0 saturated heterocycles. The largest absolute Gasteiger partial charge is 0.456 e. The molecule has 17 heavy (non-hydrogen) atoms. The summed E-state index contributed by atoms with van der Waals surface area (Å²) < 4.78 is 5.14. The Labute approximate surface area is 103 Å². The van der Waals surface area contributed by atoms with Crippen LogP contribution in [-0.4, -0.2) is 17.8 Å². The summed E-state index contributed by atoms with van der Waals surface area (Å²) in [5.74, 6) is -0.403. The minimum atomic E-state index is -0.473. The van der Waals surface area contributed by atoms with Crippen molar-refractivity contribution >= 4 is 12.2 Å². The molecular weight excluding hydrogens is 214 g/mol. The minimum absolute atomic E-state index is 0.0382. The maximum absolute atomic E-state index is 11.4. The Morgan fingerprint density at radius 3 is 2.41 bits per heavy atom. The highest BCUT2D eigenvalue weighted by Gasteiger charge is 2.14. The first-order valence-electron chi connectivity index (χ1n) is 5.69. The first-order valence-corrected chi connectivity index (χ1v) is 5.69. The molecule has 0 aliphatic rings. The Bertz CT molecular complexity index is 390. The lowest BCUT2D eigenvalue weighted by atomic mass is 10.1. The zero-order chi connectivity index (χ0) is 12.9. The third-order valence-electron chi connectivity index (χ3n) is 2.09. The number of hydrogen-bond acceptors (Lipinski definition) is 3. The van der Waals surface area contributed by atoms with E-state index in [0.717, 1.165) is 5.56 Å². The van der Waals surface area contributed by atoms with Crippen LogP contribution >= 0.6 is 0 Å². The highest BCUT2D eigenvalue weighted by atomic mass is 16.6. The quantitative estimate of drug-likeness (QED) is 0.594. The molecule has 0 heterocycles. The van der Waals surface area contributed by atoms with Crippen LogP contribution in [0.5, 0.6) is 0 Å². The van der Waals surface area contributed by atoms with E-state index in [1.54, 1.807) is 0 Å². The van der Waals surface area contributed by atoms with Crippen molar-refractivity contribution in [3.05, 3.63) is 35.9 Å². The number of esters is 1. The van der Waals surface area contributed by atoms with Gasteiger partial charge in [0.05, 0.1) is 6.04 Å². The van der Waals surface area contributed by atoms with Crippen molar-refractivity contribution < 1.29 is 9.53 Å². The second-order valence-corrected chi connectivity index (χ2v) is 4.90. The molecule has 0 aliphatic carbocycles. The average molecular weight is 233 g/mol. The van der Waals surface area contributed by atoms with Gasteiger partial charge in [-0.25, -0.2) is 4.79 Å². The van der Waals surface area contributed by atoms with Crippen LogP contribution in [0.15, 0.2) is 35.3 Å². The predicted molar refractivity (Wildman–Crippen MR) is 69.2 cm³/mol. The maximum atomic E-state index is 11.4. The summed E-state index contributed by atoms with van der Waals surface area (Å²) in [6.07, 6.45) is 1.25. The van der Waals surface area contributed by atoms with Gasteiger partial charge in [-0.05, 0) is 33.3 Å². The maximum Gasteiger partial charge on any atom is 0.349 e. The Morgan fingerprint density at radius 1 is 1.29 bits per heavy atom. The van der Waals surface area contributed by atoms with E-state index in [4.69, 9.17) is 4.74 Å². The highest BCUT2D eigenvalue weighted by Crippen LogP contribution is 2.15. The van der Waals surface area contributed by atoms with Gasteiger partial charge < -0.3 is 4.74 Å². The lowest BCUT2D eigenvalue weighted by Crippen LogP contribution is -2.24. The van der Waals surface area contributed by atoms with Crippen LogP contribution in [0.2, 0.25) is 0 Å². The molecule has 1 atom stereocenters. The number of carbonyl (C=O) groups excluding carboxylic acids is 1. The first kappa shape index (κ1) is 13.4. The molecule has 0 spiro atoms. The van der Waals surface area contributed by atoms with Crippen LogP contribution in [0, 0.1) is 0 Å². The fraction of sp³-hybridized carbons (Fsp3) is 0.429. The van der Waals surface area contributed by atoms with Crippen molar-refractivity contribution in [1.82, 2.24) is 0 Å². The molecule has 3 heteroatoms. The van der Waals surface area contributed by atoms with Crippen molar-refractivity contribution in [3.63, 3.8) is 0 Å². The summed E-state index contributed by atoms with van der Waals surface area (Å²) in [6, 6.07) is 9.79. The summed E-state index contributed by atoms with van der Waals surface area (Å²) in [5.41, 5.74) is 0.603. The van der Waals surface area contributed by atoms with Crippen LogP contribution in [0.3, 0.4) is 0 Å². The second kappa shape index (κ2) is 5.62. The Hall–Kier alpha value is -1.64. The number of benzene rings is 1. The van der Waals surface area contributed by atoms with E-state index in [1.807, 2.05) is 58.0 Å². The molecule has 1 aromatic rings. The fourth-order valence-electron chi connectivity index (χ4n) is 1.32. The summed E-state index contributed by atoms with van der Waals surface area (Å²) in [6.45, 7) is 7.44. The molecule has 0 radical (unpaired) electrons. The first-order chi connectivity index (χ1) is 7.88. The van der Waals surface area contributed by atoms with Crippen LogP contribution in [0.1, 0.15) is 39.3 Å². The van der Waals surface area contributed by atoms with E-state index in [2.05, 4.69) is 4.99 Å². The number of hydrogen-bond donors (Lipinski definition) is 0. The molecule has 0 saturated carbocycles. The van der Waals surface area contributed by atoms with Crippen molar-refractivity contribution in [2.45, 2.75) is 39.3 Å². The molecule has 92 valence electrons. The van der Waals surface area contributed by atoms with Gasteiger partial charge in [-0.2, -0.15) is 0 Å². The molecule has 0 fully saturated rings. The fourth-order valence-corrected chi connectivity index (χ4v) is 1.32. The monoisotopic (exact) mass is 233 g/mol. The van der Waals surface area contributed by atoms with Gasteiger partial charge in [-0.15, -0.1) is 0 Å². The van der Waals surface area contributed by atoms with Gasteiger partial charge in [0.1, 0.15) is 11.8 Å². The zero-order valence-corrected chi connectivity index (χ0v) is 10.8.